The van der Waals surface area contributed by atoms with E-state index in [4.69, 9.17) is 15.2 Å². The Labute approximate surface area is 117 Å². The Morgan fingerprint density at radius 1 is 1.26 bits per heavy atom. The van der Waals surface area contributed by atoms with Crippen LogP contribution >= 0.6 is 0 Å². The van der Waals surface area contributed by atoms with E-state index in [0.717, 1.165) is 30.8 Å². The molecular weight excluding hydrogens is 238 g/mol. The zero-order valence-electron chi connectivity index (χ0n) is 12.6. The van der Waals surface area contributed by atoms with Crippen LogP contribution in [0.5, 0.6) is 5.75 Å². The van der Waals surface area contributed by atoms with Gasteiger partial charge in [-0.25, -0.2) is 0 Å². The highest BCUT2D eigenvalue weighted by Crippen LogP contribution is 2.25. The van der Waals surface area contributed by atoms with E-state index in [0.29, 0.717) is 12.5 Å². The van der Waals surface area contributed by atoms with Crippen LogP contribution in [0.4, 0.5) is 0 Å². The van der Waals surface area contributed by atoms with Gasteiger partial charge in [-0.3, -0.25) is 0 Å². The van der Waals surface area contributed by atoms with Gasteiger partial charge in [0.2, 0.25) is 0 Å². The topological polar surface area (TPSA) is 44.5 Å². The molecule has 0 aliphatic carbocycles. The number of benzene rings is 1. The van der Waals surface area contributed by atoms with Crippen molar-refractivity contribution in [2.45, 2.75) is 39.2 Å². The summed E-state index contributed by atoms with van der Waals surface area (Å²) in [6, 6.07) is 7.93. The lowest BCUT2D eigenvalue weighted by Crippen LogP contribution is -2.34. The third-order valence-corrected chi connectivity index (χ3v) is 3.33. The molecule has 1 unspecified atom stereocenters. The number of hydrogen-bond donors (Lipinski definition) is 1. The number of ether oxygens (including phenoxy) is 2. The van der Waals surface area contributed by atoms with E-state index in [1.54, 1.807) is 7.11 Å². The van der Waals surface area contributed by atoms with Crippen molar-refractivity contribution in [2.24, 2.45) is 11.7 Å². The first-order chi connectivity index (χ1) is 8.95. The van der Waals surface area contributed by atoms with E-state index in [2.05, 4.69) is 13.8 Å². The maximum Gasteiger partial charge on any atom is 0.119 e. The van der Waals surface area contributed by atoms with Gasteiger partial charge in [-0.05, 0) is 43.4 Å². The third-order valence-electron chi connectivity index (χ3n) is 3.33. The lowest BCUT2D eigenvalue weighted by atomic mass is 9.90. The van der Waals surface area contributed by atoms with Crippen LogP contribution in [0.3, 0.4) is 0 Å². The Hall–Kier alpha value is -1.06. The molecule has 0 radical (unpaired) electrons. The van der Waals surface area contributed by atoms with Crippen LogP contribution in [-0.2, 0) is 10.3 Å². The molecular formula is C16H27NO2. The predicted octanol–water partition coefficient (Wildman–Crippen LogP) is 3.32. The van der Waals surface area contributed by atoms with Crippen molar-refractivity contribution in [3.8, 4) is 5.75 Å². The molecule has 2 N–H and O–H groups in total. The largest absolute Gasteiger partial charge is 0.497 e. The zero-order valence-corrected chi connectivity index (χ0v) is 12.6. The number of hydrogen-bond acceptors (Lipinski definition) is 3. The summed E-state index contributed by atoms with van der Waals surface area (Å²) in [6.07, 6.45) is 1.90. The summed E-state index contributed by atoms with van der Waals surface area (Å²) in [5.41, 5.74) is 7.07. The molecule has 19 heavy (non-hydrogen) atoms. The molecule has 3 nitrogen and oxygen atoms in total. The Morgan fingerprint density at radius 2 is 2.00 bits per heavy atom. The van der Waals surface area contributed by atoms with Crippen LogP contribution in [0.15, 0.2) is 24.3 Å². The number of nitrogens with two attached hydrogens (primary N) is 1. The monoisotopic (exact) mass is 265 g/mol. The average Bonchev–Trinajstić information content (AvgIpc) is 2.38. The van der Waals surface area contributed by atoms with Crippen molar-refractivity contribution in [2.75, 3.05) is 20.3 Å². The lowest BCUT2D eigenvalue weighted by molar-refractivity contribution is 0.107. The fourth-order valence-electron chi connectivity index (χ4n) is 1.83. The number of rotatable bonds is 8. The van der Waals surface area contributed by atoms with Crippen LogP contribution in [0.2, 0.25) is 0 Å². The van der Waals surface area contributed by atoms with Gasteiger partial charge >= 0.3 is 0 Å². The van der Waals surface area contributed by atoms with Gasteiger partial charge in [0.25, 0.3) is 0 Å². The van der Waals surface area contributed by atoms with Crippen molar-refractivity contribution in [3.05, 3.63) is 29.8 Å². The summed E-state index contributed by atoms with van der Waals surface area (Å²) >= 11 is 0. The van der Waals surface area contributed by atoms with Gasteiger partial charge in [-0.1, -0.05) is 26.0 Å². The summed E-state index contributed by atoms with van der Waals surface area (Å²) in [6.45, 7) is 7.94. The van der Waals surface area contributed by atoms with Crippen molar-refractivity contribution >= 4 is 0 Å². The molecule has 108 valence electrons. The molecule has 0 spiro atoms. The predicted molar refractivity (Wildman–Crippen MR) is 79.4 cm³/mol. The van der Waals surface area contributed by atoms with Gasteiger partial charge in [-0.2, -0.15) is 0 Å². The molecule has 0 saturated carbocycles. The molecule has 1 aromatic rings. The van der Waals surface area contributed by atoms with Gasteiger partial charge in [0.05, 0.1) is 7.11 Å². The zero-order chi connectivity index (χ0) is 14.3. The van der Waals surface area contributed by atoms with Crippen LogP contribution < -0.4 is 10.5 Å². The Morgan fingerprint density at radius 3 is 2.63 bits per heavy atom. The smallest absolute Gasteiger partial charge is 0.119 e. The second kappa shape index (κ2) is 7.51. The molecule has 0 heterocycles. The SMILES string of the molecule is COc1cccc(C(C)(N)CCOCCC(C)C)c1. The van der Waals surface area contributed by atoms with Gasteiger partial charge in [0, 0.05) is 18.8 Å². The quantitative estimate of drug-likeness (QED) is 0.733. The minimum Gasteiger partial charge on any atom is -0.497 e. The molecule has 3 heteroatoms. The van der Waals surface area contributed by atoms with Gasteiger partial charge in [0.1, 0.15) is 5.75 Å². The summed E-state index contributed by atoms with van der Waals surface area (Å²) in [5, 5.41) is 0. The van der Waals surface area contributed by atoms with Crippen LogP contribution in [0, 0.1) is 5.92 Å². The van der Waals surface area contributed by atoms with Crippen molar-refractivity contribution < 1.29 is 9.47 Å². The summed E-state index contributed by atoms with van der Waals surface area (Å²) < 4.78 is 10.9. The van der Waals surface area contributed by atoms with E-state index in [1.807, 2.05) is 31.2 Å². The van der Waals surface area contributed by atoms with Gasteiger partial charge in [0.15, 0.2) is 0 Å². The minimum atomic E-state index is -0.383. The highest BCUT2D eigenvalue weighted by atomic mass is 16.5. The molecule has 0 saturated heterocycles. The molecule has 0 aromatic heterocycles. The molecule has 1 rings (SSSR count). The maximum absolute atomic E-state index is 6.37. The van der Waals surface area contributed by atoms with Gasteiger partial charge < -0.3 is 15.2 Å². The molecule has 1 atom stereocenters. The first-order valence-corrected chi connectivity index (χ1v) is 6.97. The first kappa shape index (κ1) is 16.0. The van der Waals surface area contributed by atoms with Crippen LogP contribution in [0.25, 0.3) is 0 Å². The Kier molecular flexibility index (Phi) is 6.32. The normalized spacial score (nSPS) is 14.4. The van der Waals surface area contributed by atoms with Crippen LogP contribution in [0.1, 0.15) is 39.2 Å². The second-order valence-electron chi connectivity index (χ2n) is 5.69. The molecule has 1 aromatic carbocycles. The fourth-order valence-corrected chi connectivity index (χ4v) is 1.83. The molecule has 0 amide bonds. The van der Waals surface area contributed by atoms with Crippen molar-refractivity contribution in [3.63, 3.8) is 0 Å². The van der Waals surface area contributed by atoms with Gasteiger partial charge in [-0.15, -0.1) is 0 Å². The average molecular weight is 265 g/mol. The van der Waals surface area contributed by atoms with Crippen molar-refractivity contribution in [1.82, 2.24) is 0 Å². The minimum absolute atomic E-state index is 0.383. The Balaban J connectivity index is 2.46. The van der Waals surface area contributed by atoms with E-state index in [9.17, 15) is 0 Å². The first-order valence-electron chi connectivity index (χ1n) is 6.97. The summed E-state index contributed by atoms with van der Waals surface area (Å²) in [4.78, 5) is 0. The standard InChI is InChI=1S/C16H27NO2/c1-13(2)8-10-19-11-9-16(3,17)14-6-5-7-15(12-14)18-4/h5-7,12-13H,8-11,17H2,1-4H3. The second-order valence-corrected chi connectivity index (χ2v) is 5.69. The molecule has 0 aliphatic heterocycles. The highest BCUT2D eigenvalue weighted by Gasteiger charge is 2.21. The summed E-state index contributed by atoms with van der Waals surface area (Å²) in [7, 11) is 1.67. The molecule has 0 bridgehead atoms. The molecule has 0 fully saturated rings. The van der Waals surface area contributed by atoms with E-state index in [1.165, 1.54) is 0 Å². The van der Waals surface area contributed by atoms with E-state index < -0.39 is 0 Å². The molecule has 0 aliphatic rings. The fraction of sp³-hybridized carbons (Fsp3) is 0.625. The Bertz CT molecular complexity index is 375. The number of methoxy groups -OCH3 is 1. The van der Waals surface area contributed by atoms with Crippen LogP contribution in [-0.4, -0.2) is 20.3 Å². The van der Waals surface area contributed by atoms with E-state index >= 15 is 0 Å². The van der Waals surface area contributed by atoms with Crippen molar-refractivity contribution in [1.29, 1.82) is 0 Å². The highest BCUT2D eigenvalue weighted by molar-refractivity contribution is 5.32. The van der Waals surface area contributed by atoms with E-state index in [-0.39, 0.29) is 5.54 Å². The lowest BCUT2D eigenvalue weighted by Gasteiger charge is -2.25. The third kappa shape index (κ3) is 5.62. The summed E-state index contributed by atoms with van der Waals surface area (Å²) in [5.74, 6) is 1.53. The maximum atomic E-state index is 6.37.